The summed E-state index contributed by atoms with van der Waals surface area (Å²) in [5.74, 6) is 0.377. The Balaban J connectivity index is 1.95. The molecular weight excluding hydrogens is 270 g/mol. The number of nitrogens with zero attached hydrogens (tertiary/aromatic N) is 5. The van der Waals surface area contributed by atoms with Crippen LogP contribution in [0.25, 0.3) is 11.4 Å². The predicted octanol–water partition coefficient (Wildman–Crippen LogP) is 0.569. The third kappa shape index (κ3) is 4.35. The van der Waals surface area contributed by atoms with Crippen LogP contribution < -0.4 is 0 Å². The first-order valence-electron chi connectivity index (χ1n) is 6.81. The number of aliphatic hydroxyl groups excluding tert-OH is 1. The number of aromatic nitrogens is 4. The number of aliphatic hydroxyl groups is 1. The van der Waals surface area contributed by atoms with E-state index in [-0.39, 0.29) is 12.5 Å². The van der Waals surface area contributed by atoms with Crippen LogP contribution in [0.3, 0.4) is 0 Å². The highest BCUT2D eigenvalue weighted by Crippen LogP contribution is 2.11. The molecule has 1 aromatic heterocycles. The van der Waals surface area contributed by atoms with E-state index in [4.69, 9.17) is 0 Å². The summed E-state index contributed by atoms with van der Waals surface area (Å²) in [6, 6.07) is 9.47. The van der Waals surface area contributed by atoms with Gasteiger partial charge in [0, 0.05) is 19.2 Å². The second kappa shape index (κ2) is 6.94. The van der Waals surface area contributed by atoms with Gasteiger partial charge < -0.3 is 10.0 Å². The number of carbonyl (C=O) groups is 1. The van der Waals surface area contributed by atoms with Crippen molar-refractivity contribution in [3.8, 4) is 11.4 Å². The molecule has 112 valence electrons. The van der Waals surface area contributed by atoms with Gasteiger partial charge in [0.2, 0.25) is 11.7 Å². The second-order valence-corrected chi connectivity index (χ2v) is 4.96. The lowest BCUT2D eigenvalue weighted by molar-refractivity contribution is -0.131. The maximum Gasteiger partial charge on any atom is 0.245 e. The number of tetrazole rings is 1. The molecule has 0 fully saturated rings. The Morgan fingerprint density at radius 3 is 2.76 bits per heavy atom. The highest BCUT2D eigenvalue weighted by atomic mass is 16.3. The fourth-order valence-electron chi connectivity index (χ4n) is 1.76. The molecule has 1 aromatic carbocycles. The molecule has 2 aromatic rings. The predicted molar refractivity (Wildman–Crippen MR) is 77.2 cm³/mol. The first-order chi connectivity index (χ1) is 10.1. The molecule has 1 heterocycles. The summed E-state index contributed by atoms with van der Waals surface area (Å²) < 4.78 is 0. The van der Waals surface area contributed by atoms with Crippen molar-refractivity contribution in [2.24, 2.45) is 0 Å². The quantitative estimate of drug-likeness (QED) is 0.840. The van der Waals surface area contributed by atoms with Crippen molar-refractivity contribution in [2.45, 2.75) is 26.0 Å². The van der Waals surface area contributed by atoms with Crippen molar-refractivity contribution in [1.82, 2.24) is 25.1 Å². The zero-order chi connectivity index (χ0) is 15.2. The molecule has 1 amide bonds. The molecular formula is C14H19N5O2. The van der Waals surface area contributed by atoms with E-state index in [0.29, 0.717) is 18.8 Å². The van der Waals surface area contributed by atoms with Crippen LogP contribution in [0.2, 0.25) is 0 Å². The van der Waals surface area contributed by atoms with Gasteiger partial charge in [-0.25, -0.2) is 0 Å². The molecule has 0 saturated carbocycles. The molecule has 1 N–H and O–H groups in total. The monoisotopic (exact) mass is 289 g/mol. The van der Waals surface area contributed by atoms with Gasteiger partial charge in [-0.2, -0.15) is 4.80 Å². The van der Waals surface area contributed by atoms with Crippen LogP contribution in [0.4, 0.5) is 0 Å². The van der Waals surface area contributed by atoms with Gasteiger partial charge in [-0.3, -0.25) is 4.79 Å². The molecule has 21 heavy (non-hydrogen) atoms. The van der Waals surface area contributed by atoms with Crippen LogP contribution in [0, 0.1) is 0 Å². The van der Waals surface area contributed by atoms with Crippen molar-refractivity contribution >= 4 is 5.91 Å². The SMILES string of the molecule is CC(O)CCN(C)C(=O)Cn1nnc(-c2ccccc2)n1. The molecule has 7 nitrogen and oxygen atoms in total. The minimum Gasteiger partial charge on any atom is -0.393 e. The van der Waals surface area contributed by atoms with Crippen LogP contribution in [-0.2, 0) is 11.3 Å². The van der Waals surface area contributed by atoms with Crippen molar-refractivity contribution in [3.05, 3.63) is 30.3 Å². The Hall–Kier alpha value is -2.28. The molecule has 7 heteroatoms. The van der Waals surface area contributed by atoms with E-state index >= 15 is 0 Å². The van der Waals surface area contributed by atoms with Gasteiger partial charge in [-0.15, -0.1) is 10.2 Å². The summed E-state index contributed by atoms with van der Waals surface area (Å²) in [6.07, 6.45) is 0.122. The van der Waals surface area contributed by atoms with Crippen LogP contribution in [0.1, 0.15) is 13.3 Å². The number of carbonyl (C=O) groups excluding carboxylic acids is 1. The smallest absolute Gasteiger partial charge is 0.245 e. The third-order valence-corrected chi connectivity index (χ3v) is 3.07. The van der Waals surface area contributed by atoms with Gasteiger partial charge in [0.25, 0.3) is 0 Å². The molecule has 0 aliphatic rings. The average Bonchev–Trinajstić information content (AvgIpc) is 2.94. The Morgan fingerprint density at radius 2 is 2.10 bits per heavy atom. The summed E-state index contributed by atoms with van der Waals surface area (Å²) in [7, 11) is 1.69. The molecule has 0 bridgehead atoms. The zero-order valence-electron chi connectivity index (χ0n) is 12.2. The van der Waals surface area contributed by atoms with E-state index in [1.165, 1.54) is 4.80 Å². The lowest BCUT2D eigenvalue weighted by Gasteiger charge is -2.17. The van der Waals surface area contributed by atoms with Gasteiger partial charge in [0.05, 0.1) is 6.10 Å². The molecule has 1 atom stereocenters. The topological polar surface area (TPSA) is 84.1 Å². The second-order valence-electron chi connectivity index (χ2n) is 4.96. The molecule has 0 aliphatic carbocycles. The first kappa shape index (κ1) is 15.1. The Kier molecular flexibility index (Phi) is 4.99. The average molecular weight is 289 g/mol. The zero-order valence-corrected chi connectivity index (χ0v) is 12.2. The number of amides is 1. The van der Waals surface area contributed by atoms with E-state index in [0.717, 1.165) is 5.56 Å². The minimum atomic E-state index is -0.422. The summed E-state index contributed by atoms with van der Waals surface area (Å²) in [5.41, 5.74) is 0.860. The fourth-order valence-corrected chi connectivity index (χ4v) is 1.76. The molecule has 0 spiro atoms. The number of rotatable bonds is 6. The first-order valence-corrected chi connectivity index (χ1v) is 6.81. The van der Waals surface area contributed by atoms with Gasteiger partial charge in [0.15, 0.2) is 0 Å². The van der Waals surface area contributed by atoms with Crippen LogP contribution >= 0.6 is 0 Å². The van der Waals surface area contributed by atoms with E-state index < -0.39 is 6.10 Å². The molecule has 0 aliphatic heterocycles. The third-order valence-electron chi connectivity index (χ3n) is 3.07. The van der Waals surface area contributed by atoms with Crippen molar-refractivity contribution in [2.75, 3.05) is 13.6 Å². The van der Waals surface area contributed by atoms with E-state index in [1.807, 2.05) is 30.3 Å². The lowest BCUT2D eigenvalue weighted by atomic mass is 10.2. The number of hydrogen-bond donors (Lipinski definition) is 1. The Morgan fingerprint density at radius 1 is 1.38 bits per heavy atom. The largest absolute Gasteiger partial charge is 0.393 e. The molecule has 1 unspecified atom stereocenters. The van der Waals surface area contributed by atoms with E-state index in [2.05, 4.69) is 15.4 Å². The highest BCUT2D eigenvalue weighted by Gasteiger charge is 2.13. The maximum absolute atomic E-state index is 12.0. The highest BCUT2D eigenvalue weighted by molar-refractivity contribution is 5.75. The lowest BCUT2D eigenvalue weighted by Crippen LogP contribution is -2.33. The summed E-state index contributed by atoms with van der Waals surface area (Å²) in [6.45, 7) is 2.23. The minimum absolute atomic E-state index is 0.0378. The maximum atomic E-state index is 12.0. The van der Waals surface area contributed by atoms with Gasteiger partial charge in [-0.1, -0.05) is 30.3 Å². The summed E-state index contributed by atoms with van der Waals surface area (Å²) in [4.78, 5) is 14.8. The van der Waals surface area contributed by atoms with Crippen molar-refractivity contribution in [3.63, 3.8) is 0 Å². The Labute approximate surface area is 123 Å². The number of benzene rings is 1. The van der Waals surface area contributed by atoms with Crippen LogP contribution in [0.5, 0.6) is 0 Å². The molecule has 0 saturated heterocycles. The Bertz CT molecular complexity index is 582. The van der Waals surface area contributed by atoms with Crippen molar-refractivity contribution < 1.29 is 9.90 Å². The summed E-state index contributed by atoms with van der Waals surface area (Å²) >= 11 is 0. The van der Waals surface area contributed by atoms with Crippen molar-refractivity contribution in [1.29, 1.82) is 0 Å². The van der Waals surface area contributed by atoms with E-state index in [9.17, 15) is 9.90 Å². The standard InChI is InChI=1S/C14H19N5O2/c1-11(20)8-9-18(2)13(21)10-19-16-14(15-17-19)12-6-4-3-5-7-12/h3-7,11,20H,8-10H2,1-2H3. The fraction of sp³-hybridized carbons (Fsp3) is 0.429. The summed E-state index contributed by atoms with van der Waals surface area (Å²) in [5, 5.41) is 21.3. The normalized spacial score (nSPS) is 12.1. The van der Waals surface area contributed by atoms with Gasteiger partial charge in [0.1, 0.15) is 6.54 Å². The molecule has 2 rings (SSSR count). The van der Waals surface area contributed by atoms with Gasteiger partial charge >= 0.3 is 0 Å². The van der Waals surface area contributed by atoms with Gasteiger partial charge in [-0.05, 0) is 18.6 Å². The van der Waals surface area contributed by atoms with Crippen LogP contribution in [-0.4, -0.2) is 55.8 Å². The number of hydrogen-bond acceptors (Lipinski definition) is 5. The van der Waals surface area contributed by atoms with E-state index in [1.54, 1.807) is 18.9 Å². The molecule has 0 radical (unpaired) electrons. The van der Waals surface area contributed by atoms with Crippen LogP contribution in [0.15, 0.2) is 30.3 Å². The number of likely N-dealkylation sites (N-methyl/N-ethyl adjacent to an activating group) is 1.